The van der Waals surface area contributed by atoms with Crippen LogP contribution in [-0.4, -0.2) is 10.9 Å². The van der Waals surface area contributed by atoms with Crippen molar-refractivity contribution in [3.8, 4) is 0 Å². The Morgan fingerprint density at radius 3 is 2.86 bits per heavy atom. The smallest absolute Gasteiger partial charge is 0.256 e. The highest BCUT2D eigenvalue weighted by molar-refractivity contribution is 6.12. The lowest BCUT2D eigenvalue weighted by Gasteiger charge is -2.10. The maximum atomic E-state index is 12.5. The van der Waals surface area contributed by atoms with Gasteiger partial charge in [-0.2, -0.15) is 0 Å². The number of carbonyl (C=O) groups is 1. The number of aromatic nitrogens is 1. The lowest BCUT2D eigenvalue weighted by Crippen LogP contribution is -2.13. The maximum absolute atomic E-state index is 12.5. The number of carbonyl (C=O) groups excluding carboxylic acids is 1. The molecule has 0 unspecified atom stereocenters. The van der Waals surface area contributed by atoms with Gasteiger partial charge in [0.2, 0.25) is 0 Å². The van der Waals surface area contributed by atoms with E-state index >= 15 is 0 Å². The first-order valence-corrected chi connectivity index (χ1v) is 6.66. The molecular formula is C17H15N3O. The summed E-state index contributed by atoms with van der Waals surface area (Å²) in [5.41, 5.74) is 9.48. The summed E-state index contributed by atoms with van der Waals surface area (Å²) in [6.45, 7) is 1.93. The number of aryl methyl sites for hydroxylation is 1. The van der Waals surface area contributed by atoms with Crippen LogP contribution in [0.4, 0.5) is 11.4 Å². The molecule has 0 spiro atoms. The molecule has 3 N–H and O–H groups in total. The molecule has 4 heteroatoms. The number of benzene rings is 2. The summed E-state index contributed by atoms with van der Waals surface area (Å²) >= 11 is 0. The second-order valence-corrected chi connectivity index (χ2v) is 4.90. The molecule has 0 aliphatic rings. The Morgan fingerprint density at radius 2 is 2.00 bits per heavy atom. The number of anilines is 2. The van der Waals surface area contributed by atoms with Gasteiger partial charge < -0.3 is 11.1 Å². The van der Waals surface area contributed by atoms with E-state index in [1.807, 2.05) is 43.3 Å². The Morgan fingerprint density at radius 1 is 1.14 bits per heavy atom. The molecule has 0 saturated carbocycles. The highest BCUT2D eigenvalue weighted by Gasteiger charge is 2.11. The van der Waals surface area contributed by atoms with Crippen LogP contribution in [0.2, 0.25) is 0 Å². The third kappa shape index (κ3) is 2.56. The highest BCUT2D eigenvalue weighted by Crippen LogP contribution is 2.21. The molecule has 3 aromatic rings. The lowest BCUT2D eigenvalue weighted by atomic mass is 10.1. The zero-order chi connectivity index (χ0) is 14.8. The summed E-state index contributed by atoms with van der Waals surface area (Å²) < 4.78 is 0. The monoisotopic (exact) mass is 277 g/mol. The number of nitrogens with two attached hydrogens (primary N) is 1. The van der Waals surface area contributed by atoms with Crippen molar-refractivity contribution in [3.05, 3.63) is 65.9 Å². The van der Waals surface area contributed by atoms with Crippen LogP contribution in [0.3, 0.4) is 0 Å². The first-order chi connectivity index (χ1) is 10.1. The summed E-state index contributed by atoms with van der Waals surface area (Å²) in [5, 5.41) is 3.75. The molecule has 0 aliphatic carbocycles. The van der Waals surface area contributed by atoms with Crippen LogP contribution >= 0.6 is 0 Å². The van der Waals surface area contributed by atoms with Crippen molar-refractivity contribution in [2.75, 3.05) is 11.1 Å². The molecule has 0 atom stereocenters. The minimum absolute atomic E-state index is 0.165. The summed E-state index contributed by atoms with van der Waals surface area (Å²) in [6, 6.07) is 14.7. The van der Waals surface area contributed by atoms with Crippen LogP contribution in [0.25, 0.3) is 10.9 Å². The Balaban J connectivity index is 1.99. The van der Waals surface area contributed by atoms with Gasteiger partial charge in [-0.25, -0.2) is 0 Å². The second-order valence-electron chi connectivity index (χ2n) is 4.90. The van der Waals surface area contributed by atoms with Gasteiger partial charge in [0.05, 0.1) is 5.52 Å². The van der Waals surface area contributed by atoms with Gasteiger partial charge in [0.15, 0.2) is 0 Å². The summed E-state index contributed by atoms with van der Waals surface area (Å²) in [4.78, 5) is 16.8. The van der Waals surface area contributed by atoms with Gasteiger partial charge in [0, 0.05) is 28.5 Å². The highest BCUT2D eigenvalue weighted by atomic mass is 16.1. The quantitative estimate of drug-likeness (QED) is 0.706. The zero-order valence-electron chi connectivity index (χ0n) is 11.6. The number of hydrogen-bond donors (Lipinski definition) is 2. The third-order valence-electron chi connectivity index (χ3n) is 3.40. The Hall–Kier alpha value is -2.88. The zero-order valence-corrected chi connectivity index (χ0v) is 11.6. The summed E-state index contributed by atoms with van der Waals surface area (Å²) in [7, 11) is 0. The predicted molar refractivity (Wildman–Crippen MR) is 85.3 cm³/mol. The molecule has 104 valence electrons. The molecule has 1 amide bonds. The van der Waals surface area contributed by atoms with Crippen LogP contribution < -0.4 is 11.1 Å². The molecule has 4 nitrogen and oxygen atoms in total. The van der Waals surface area contributed by atoms with Gasteiger partial charge in [-0.15, -0.1) is 0 Å². The average Bonchev–Trinajstić information content (AvgIpc) is 2.50. The van der Waals surface area contributed by atoms with E-state index in [-0.39, 0.29) is 5.91 Å². The second kappa shape index (κ2) is 5.25. The fourth-order valence-corrected chi connectivity index (χ4v) is 2.27. The van der Waals surface area contributed by atoms with Crippen molar-refractivity contribution < 1.29 is 4.79 Å². The number of nitrogens with one attached hydrogen (secondary N) is 1. The van der Waals surface area contributed by atoms with E-state index in [1.165, 1.54) is 0 Å². The summed E-state index contributed by atoms with van der Waals surface area (Å²) in [6.07, 6.45) is 1.71. The standard InChI is InChI=1S/C17H15N3O/c1-11-7-8-12(18)10-16(11)20-17(21)14-4-2-6-15-13(14)5-3-9-19-15/h2-10H,18H2,1H3,(H,20,21). The van der Waals surface area contributed by atoms with Gasteiger partial charge in [-0.3, -0.25) is 9.78 Å². The van der Waals surface area contributed by atoms with Crippen LogP contribution in [0.15, 0.2) is 54.7 Å². The Kier molecular flexibility index (Phi) is 3.28. The fraction of sp³-hybridized carbons (Fsp3) is 0.0588. The van der Waals surface area contributed by atoms with E-state index in [0.717, 1.165) is 22.2 Å². The number of amides is 1. The Labute approximate surface area is 122 Å². The minimum Gasteiger partial charge on any atom is -0.399 e. The lowest BCUT2D eigenvalue weighted by molar-refractivity contribution is 0.102. The van der Waals surface area contributed by atoms with Gasteiger partial charge in [0.1, 0.15) is 0 Å². The van der Waals surface area contributed by atoms with Crippen molar-refractivity contribution in [3.63, 3.8) is 0 Å². The summed E-state index contributed by atoms with van der Waals surface area (Å²) in [5.74, 6) is -0.165. The van der Waals surface area contributed by atoms with Crippen LogP contribution in [0, 0.1) is 6.92 Å². The third-order valence-corrected chi connectivity index (χ3v) is 3.40. The molecule has 1 heterocycles. The van der Waals surface area contributed by atoms with Crippen molar-refractivity contribution in [1.82, 2.24) is 4.98 Å². The predicted octanol–water partition coefficient (Wildman–Crippen LogP) is 3.38. The number of hydrogen-bond acceptors (Lipinski definition) is 3. The molecular weight excluding hydrogens is 262 g/mol. The van der Waals surface area contributed by atoms with E-state index in [2.05, 4.69) is 10.3 Å². The first-order valence-electron chi connectivity index (χ1n) is 6.66. The van der Waals surface area contributed by atoms with Gasteiger partial charge in [-0.05, 0) is 42.8 Å². The van der Waals surface area contributed by atoms with Gasteiger partial charge in [-0.1, -0.05) is 18.2 Å². The molecule has 0 fully saturated rings. The van der Waals surface area contributed by atoms with Crippen LogP contribution in [0.1, 0.15) is 15.9 Å². The molecule has 21 heavy (non-hydrogen) atoms. The molecule has 0 bridgehead atoms. The van der Waals surface area contributed by atoms with E-state index in [0.29, 0.717) is 11.3 Å². The van der Waals surface area contributed by atoms with Gasteiger partial charge >= 0.3 is 0 Å². The van der Waals surface area contributed by atoms with E-state index in [4.69, 9.17) is 5.73 Å². The molecule has 0 radical (unpaired) electrons. The SMILES string of the molecule is Cc1ccc(N)cc1NC(=O)c1cccc2ncccc12. The number of rotatable bonds is 2. The molecule has 0 saturated heterocycles. The molecule has 3 rings (SSSR count). The number of nitrogen functional groups attached to an aromatic ring is 1. The maximum Gasteiger partial charge on any atom is 0.256 e. The van der Waals surface area contributed by atoms with Crippen LogP contribution in [-0.2, 0) is 0 Å². The number of nitrogens with zero attached hydrogens (tertiary/aromatic N) is 1. The van der Waals surface area contributed by atoms with E-state index in [1.54, 1.807) is 18.3 Å². The van der Waals surface area contributed by atoms with Crippen molar-refractivity contribution >= 4 is 28.2 Å². The molecule has 0 aliphatic heterocycles. The van der Waals surface area contributed by atoms with Crippen molar-refractivity contribution in [2.24, 2.45) is 0 Å². The minimum atomic E-state index is -0.165. The largest absolute Gasteiger partial charge is 0.399 e. The Bertz CT molecular complexity index is 822. The number of fused-ring (bicyclic) bond motifs is 1. The molecule has 2 aromatic carbocycles. The van der Waals surface area contributed by atoms with Crippen molar-refractivity contribution in [1.29, 1.82) is 0 Å². The normalized spacial score (nSPS) is 10.5. The van der Waals surface area contributed by atoms with Gasteiger partial charge in [0.25, 0.3) is 5.91 Å². The first kappa shape index (κ1) is 13.1. The van der Waals surface area contributed by atoms with Crippen LogP contribution in [0.5, 0.6) is 0 Å². The topological polar surface area (TPSA) is 68.0 Å². The van der Waals surface area contributed by atoms with E-state index in [9.17, 15) is 4.79 Å². The fourth-order valence-electron chi connectivity index (χ4n) is 2.27. The van der Waals surface area contributed by atoms with E-state index < -0.39 is 0 Å². The molecule has 1 aromatic heterocycles. The van der Waals surface area contributed by atoms with Crippen molar-refractivity contribution in [2.45, 2.75) is 6.92 Å². The average molecular weight is 277 g/mol. The number of pyridine rings is 1.